The van der Waals surface area contributed by atoms with Crippen LogP contribution >= 0.6 is 0 Å². The molecule has 0 aliphatic carbocycles. The second kappa shape index (κ2) is 7.17. The molecule has 3 heterocycles. The van der Waals surface area contributed by atoms with Gasteiger partial charge in [0.05, 0.1) is 5.69 Å². The fourth-order valence-electron chi connectivity index (χ4n) is 4.93. The predicted molar refractivity (Wildman–Crippen MR) is 122 cm³/mol. The molecule has 154 valence electrons. The van der Waals surface area contributed by atoms with E-state index in [-0.39, 0.29) is 5.82 Å². The molecule has 4 heteroatoms. The van der Waals surface area contributed by atoms with E-state index in [4.69, 9.17) is 14.1 Å². The van der Waals surface area contributed by atoms with Gasteiger partial charge >= 0.3 is 0 Å². The standard InChI is InChI=1S/C27H22FNO2/c1-16-12-22-20-4-2-3-5-25(20)31-27(22)23(13-16)26-21-14-18(28)6-7-19(21)24(15-29-26)17-8-10-30-11-9-17/h2-7,12-15,17H,8-11H2,1H3. The molecule has 1 fully saturated rings. The Morgan fingerprint density at radius 1 is 0.903 bits per heavy atom. The molecule has 0 spiro atoms. The molecule has 31 heavy (non-hydrogen) atoms. The highest BCUT2D eigenvalue weighted by atomic mass is 19.1. The zero-order chi connectivity index (χ0) is 20.9. The van der Waals surface area contributed by atoms with Gasteiger partial charge < -0.3 is 9.15 Å². The van der Waals surface area contributed by atoms with Crippen molar-refractivity contribution >= 4 is 32.7 Å². The number of benzene rings is 3. The van der Waals surface area contributed by atoms with Crippen LogP contribution in [0.15, 0.2) is 65.2 Å². The normalized spacial score (nSPS) is 15.3. The third-order valence-corrected chi connectivity index (χ3v) is 6.42. The van der Waals surface area contributed by atoms with Crippen LogP contribution in [-0.2, 0) is 4.74 Å². The third-order valence-electron chi connectivity index (χ3n) is 6.42. The first-order chi connectivity index (χ1) is 15.2. The number of nitrogens with zero attached hydrogens (tertiary/aromatic N) is 1. The number of para-hydroxylation sites is 1. The average molecular weight is 411 g/mol. The lowest BCUT2D eigenvalue weighted by molar-refractivity contribution is 0.0855. The number of hydrogen-bond donors (Lipinski definition) is 0. The minimum atomic E-state index is -0.256. The molecule has 1 aliphatic rings. The van der Waals surface area contributed by atoms with Gasteiger partial charge in [0.15, 0.2) is 0 Å². The van der Waals surface area contributed by atoms with Crippen LogP contribution in [0, 0.1) is 12.7 Å². The molecule has 0 unspecified atom stereocenters. The van der Waals surface area contributed by atoms with Crippen LogP contribution in [-0.4, -0.2) is 18.2 Å². The molecule has 1 aliphatic heterocycles. The van der Waals surface area contributed by atoms with Crippen molar-refractivity contribution in [3.05, 3.63) is 77.7 Å². The van der Waals surface area contributed by atoms with Crippen LogP contribution in [0.3, 0.4) is 0 Å². The molecular weight excluding hydrogens is 389 g/mol. The molecule has 6 rings (SSSR count). The lowest BCUT2D eigenvalue weighted by atomic mass is 9.88. The summed E-state index contributed by atoms with van der Waals surface area (Å²) >= 11 is 0. The highest BCUT2D eigenvalue weighted by Crippen LogP contribution is 2.41. The number of hydrogen-bond acceptors (Lipinski definition) is 3. The summed E-state index contributed by atoms with van der Waals surface area (Å²) in [5, 5.41) is 4.03. The van der Waals surface area contributed by atoms with Crippen molar-refractivity contribution in [2.24, 2.45) is 0 Å². The van der Waals surface area contributed by atoms with Crippen molar-refractivity contribution in [2.75, 3.05) is 13.2 Å². The van der Waals surface area contributed by atoms with Gasteiger partial charge in [-0.25, -0.2) is 4.39 Å². The molecule has 0 saturated carbocycles. The van der Waals surface area contributed by atoms with Crippen molar-refractivity contribution < 1.29 is 13.5 Å². The summed E-state index contributed by atoms with van der Waals surface area (Å²) in [6, 6.07) is 17.3. The molecular formula is C27H22FNO2. The summed E-state index contributed by atoms with van der Waals surface area (Å²) in [6.45, 7) is 3.59. The average Bonchev–Trinajstić information content (AvgIpc) is 3.17. The lowest BCUT2D eigenvalue weighted by Crippen LogP contribution is -2.14. The molecule has 0 radical (unpaired) electrons. The highest BCUT2D eigenvalue weighted by molar-refractivity contribution is 6.12. The maximum Gasteiger partial charge on any atom is 0.144 e. The van der Waals surface area contributed by atoms with Gasteiger partial charge in [-0.3, -0.25) is 4.98 Å². The minimum absolute atomic E-state index is 0.256. The number of aromatic nitrogens is 1. The smallest absolute Gasteiger partial charge is 0.144 e. The van der Waals surface area contributed by atoms with Gasteiger partial charge in [-0.2, -0.15) is 0 Å². The Labute approximate surface area is 179 Å². The molecule has 5 aromatic rings. The van der Waals surface area contributed by atoms with Crippen molar-refractivity contribution in [1.29, 1.82) is 0 Å². The maximum atomic E-state index is 14.4. The van der Waals surface area contributed by atoms with Crippen LogP contribution in [0.4, 0.5) is 4.39 Å². The van der Waals surface area contributed by atoms with Gasteiger partial charge in [0, 0.05) is 41.1 Å². The quantitative estimate of drug-likeness (QED) is 0.310. The Morgan fingerprint density at radius 2 is 1.74 bits per heavy atom. The summed E-state index contributed by atoms with van der Waals surface area (Å²) in [4.78, 5) is 4.89. The topological polar surface area (TPSA) is 35.3 Å². The molecule has 0 amide bonds. The first-order valence-electron chi connectivity index (χ1n) is 10.8. The Kier molecular flexibility index (Phi) is 4.29. The molecule has 3 aromatic carbocycles. The van der Waals surface area contributed by atoms with Crippen LogP contribution in [0.25, 0.3) is 44.0 Å². The van der Waals surface area contributed by atoms with E-state index in [0.29, 0.717) is 5.92 Å². The zero-order valence-electron chi connectivity index (χ0n) is 17.3. The van der Waals surface area contributed by atoms with Crippen molar-refractivity contribution in [3.63, 3.8) is 0 Å². The summed E-state index contributed by atoms with van der Waals surface area (Å²) in [7, 11) is 0. The third kappa shape index (κ3) is 3.02. The number of fused-ring (bicyclic) bond motifs is 4. The first-order valence-corrected chi connectivity index (χ1v) is 10.8. The van der Waals surface area contributed by atoms with Crippen LogP contribution in [0.5, 0.6) is 0 Å². The Morgan fingerprint density at radius 3 is 2.61 bits per heavy atom. The van der Waals surface area contributed by atoms with Gasteiger partial charge in [0.1, 0.15) is 17.0 Å². The second-order valence-corrected chi connectivity index (χ2v) is 8.43. The van der Waals surface area contributed by atoms with Crippen molar-refractivity contribution in [2.45, 2.75) is 25.7 Å². The zero-order valence-corrected chi connectivity index (χ0v) is 17.3. The Hall–Kier alpha value is -3.24. The van der Waals surface area contributed by atoms with Crippen molar-refractivity contribution in [3.8, 4) is 11.3 Å². The Balaban J connectivity index is 1.65. The lowest BCUT2D eigenvalue weighted by Gasteiger charge is -2.24. The van der Waals surface area contributed by atoms with Crippen LogP contribution < -0.4 is 0 Å². The molecule has 2 aromatic heterocycles. The number of ether oxygens (including phenoxy) is 1. The summed E-state index contributed by atoms with van der Waals surface area (Å²) in [5.74, 6) is 0.125. The first kappa shape index (κ1) is 18.5. The molecule has 0 atom stereocenters. The molecule has 1 saturated heterocycles. The predicted octanol–water partition coefficient (Wildman–Crippen LogP) is 7.14. The highest BCUT2D eigenvalue weighted by Gasteiger charge is 2.22. The van der Waals surface area contributed by atoms with Gasteiger partial charge in [-0.15, -0.1) is 0 Å². The molecule has 0 N–H and O–H groups in total. The van der Waals surface area contributed by atoms with Crippen LogP contribution in [0.2, 0.25) is 0 Å². The van der Waals surface area contributed by atoms with Gasteiger partial charge in [-0.05, 0) is 72.5 Å². The summed E-state index contributed by atoms with van der Waals surface area (Å²) in [6.07, 6.45) is 3.90. The van der Waals surface area contributed by atoms with Gasteiger partial charge in [-0.1, -0.05) is 24.3 Å². The second-order valence-electron chi connectivity index (χ2n) is 8.43. The van der Waals surface area contributed by atoms with E-state index >= 15 is 0 Å². The number of pyridine rings is 1. The largest absolute Gasteiger partial charge is 0.455 e. The number of furan rings is 1. The van der Waals surface area contributed by atoms with Crippen LogP contribution in [0.1, 0.15) is 29.9 Å². The number of aryl methyl sites for hydroxylation is 1. The monoisotopic (exact) mass is 411 g/mol. The number of halogens is 1. The maximum absolute atomic E-state index is 14.4. The summed E-state index contributed by atoms with van der Waals surface area (Å²) < 4.78 is 26.2. The van der Waals surface area contributed by atoms with Crippen molar-refractivity contribution in [1.82, 2.24) is 4.98 Å². The van der Waals surface area contributed by atoms with E-state index in [9.17, 15) is 4.39 Å². The fraction of sp³-hybridized carbons (Fsp3) is 0.222. The van der Waals surface area contributed by atoms with Gasteiger partial charge in [0.25, 0.3) is 0 Å². The van der Waals surface area contributed by atoms with E-state index in [1.54, 1.807) is 12.1 Å². The summed E-state index contributed by atoms with van der Waals surface area (Å²) in [5.41, 5.74) is 5.60. The minimum Gasteiger partial charge on any atom is -0.455 e. The Bertz CT molecular complexity index is 1450. The number of rotatable bonds is 2. The van der Waals surface area contributed by atoms with E-state index in [1.807, 2.05) is 30.5 Å². The molecule has 0 bridgehead atoms. The molecule has 3 nitrogen and oxygen atoms in total. The van der Waals surface area contributed by atoms with E-state index in [1.165, 1.54) is 5.56 Å². The van der Waals surface area contributed by atoms with E-state index in [0.717, 1.165) is 75.6 Å². The van der Waals surface area contributed by atoms with E-state index < -0.39 is 0 Å². The SMILES string of the molecule is Cc1cc(-c2ncc(C3CCOCC3)c3ccc(F)cc23)c2oc3ccccc3c2c1. The fourth-order valence-corrected chi connectivity index (χ4v) is 4.93. The van der Waals surface area contributed by atoms with E-state index in [2.05, 4.69) is 25.1 Å². The van der Waals surface area contributed by atoms with Gasteiger partial charge in [0.2, 0.25) is 0 Å².